The predicted octanol–water partition coefficient (Wildman–Crippen LogP) is 2.37. The number of nitrogens with zero attached hydrogens (tertiary/aromatic N) is 4. The van der Waals surface area contributed by atoms with Gasteiger partial charge in [-0.05, 0) is 36.1 Å². The number of aliphatic carboxylic acids is 1. The predicted molar refractivity (Wildman–Crippen MR) is 72.2 cm³/mol. The van der Waals surface area contributed by atoms with E-state index in [2.05, 4.69) is 15.5 Å². The van der Waals surface area contributed by atoms with E-state index in [0.717, 1.165) is 50.8 Å². The number of aromatic nitrogens is 4. The summed E-state index contributed by atoms with van der Waals surface area (Å²) < 4.78 is 1.77. The van der Waals surface area contributed by atoms with E-state index < -0.39 is 11.4 Å². The van der Waals surface area contributed by atoms with Crippen molar-refractivity contribution >= 4 is 5.97 Å². The van der Waals surface area contributed by atoms with Gasteiger partial charge in [0.15, 0.2) is 5.82 Å². The van der Waals surface area contributed by atoms with Crippen LogP contribution in [0, 0.1) is 5.41 Å². The first kappa shape index (κ1) is 13.5. The van der Waals surface area contributed by atoms with Crippen molar-refractivity contribution in [3.05, 3.63) is 5.82 Å². The lowest BCUT2D eigenvalue weighted by Crippen LogP contribution is -2.38. The number of tetrazole rings is 1. The zero-order chi connectivity index (χ0) is 14.0. The molecule has 2 aliphatic rings. The summed E-state index contributed by atoms with van der Waals surface area (Å²) in [5, 5.41) is 21.7. The average molecular weight is 278 g/mol. The molecule has 6 heteroatoms. The first-order valence-corrected chi connectivity index (χ1v) is 7.71. The van der Waals surface area contributed by atoms with Crippen LogP contribution in [-0.2, 0) is 11.3 Å². The first-order chi connectivity index (χ1) is 9.71. The fourth-order valence-corrected chi connectivity index (χ4v) is 3.76. The number of hydrogen-bond donors (Lipinski definition) is 1. The monoisotopic (exact) mass is 278 g/mol. The molecule has 0 bridgehead atoms. The summed E-state index contributed by atoms with van der Waals surface area (Å²) in [6, 6.07) is 0. The lowest BCUT2D eigenvalue weighted by molar-refractivity contribution is -0.152. The van der Waals surface area contributed by atoms with Gasteiger partial charge in [0.25, 0.3) is 0 Å². The molecule has 1 aromatic rings. The van der Waals surface area contributed by atoms with Crippen LogP contribution in [0.5, 0.6) is 0 Å². The minimum atomic E-state index is -0.690. The van der Waals surface area contributed by atoms with Gasteiger partial charge in [0.2, 0.25) is 0 Å². The van der Waals surface area contributed by atoms with Crippen molar-refractivity contribution in [2.24, 2.45) is 5.41 Å². The van der Waals surface area contributed by atoms with Crippen molar-refractivity contribution < 1.29 is 9.90 Å². The van der Waals surface area contributed by atoms with Crippen molar-refractivity contribution in [2.75, 3.05) is 0 Å². The Morgan fingerprint density at radius 1 is 1.20 bits per heavy atom. The van der Waals surface area contributed by atoms with Gasteiger partial charge in [-0.15, -0.1) is 5.10 Å². The van der Waals surface area contributed by atoms with Crippen molar-refractivity contribution in [1.29, 1.82) is 0 Å². The van der Waals surface area contributed by atoms with Crippen LogP contribution in [0.4, 0.5) is 0 Å². The summed E-state index contributed by atoms with van der Waals surface area (Å²) in [7, 11) is 0. The van der Waals surface area contributed by atoms with Crippen LogP contribution >= 0.6 is 0 Å². The Morgan fingerprint density at radius 2 is 1.90 bits per heavy atom. The molecule has 2 aliphatic carbocycles. The van der Waals surface area contributed by atoms with Gasteiger partial charge in [-0.2, -0.15) is 0 Å². The normalized spacial score (nSPS) is 23.0. The third-order valence-electron chi connectivity index (χ3n) is 5.00. The molecule has 0 atom stereocenters. The molecule has 2 saturated carbocycles. The molecule has 0 amide bonds. The van der Waals surface area contributed by atoms with Crippen LogP contribution in [0.25, 0.3) is 0 Å². The SMILES string of the molecule is O=C(O)C1(Cn2nnnc2C2CCCC2)CCCCC1. The molecule has 0 spiro atoms. The van der Waals surface area contributed by atoms with E-state index in [0.29, 0.717) is 12.5 Å². The number of hydrogen-bond acceptors (Lipinski definition) is 4. The second kappa shape index (κ2) is 5.50. The topological polar surface area (TPSA) is 80.9 Å². The lowest BCUT2D eigenvalue weighted by Gasteiger charge is -2.33. The molecule has 0 unspecified atom stereocenters. The number of rotatable bonds is 4. The number of carboxylic acids is 1. The van der Waals surface area contributed by atoms with E-state index in [-0.39, 0.29) is 0 Å². The molecule has 110 valence electrons. The van der Waals surface area contributed by atoms with Crippen LogP contribution in [0.2, 0.25) is 0 Å². The molecular formula is C14H22N4O2. The highest BCUT2D eigenvalue weighted by molar-refractivity contribution is 5.74. The van der Waals surface area contributed by atoms with E-state index in [1.54, 1.807) is 4.68 Å². The first-order valence-electron chi connectivity index (χ1n) is 7.71. The maximum absolute atomic E-state index is 11.8. The fraction of sp³-hybridized carbons (Fsp3) is 0.857. The minimum absolute atomic E-state index is 0.416. The highest BCUT2D eigenvalue weighted by Gasteiger charge is 2.41. The quantitative estimate of drug-likeness (QED) is 0.914. The van der Waals surface area contributed by atoms with Gasteiger partial charge in [-0.1, -0.05) is 32.1 Å². The van der Waals surface area contributed by atoms with Crippen LogP contribution in [0.1, 0.15) is 69.5 Å². The summed E-state index contributed by atoms with van der Waals surface area (Å²) in [4.78, 5) is 11.8. The van der Waals surface area contributed by atoms with Gasteiger partial charge < -0.3 is 5.11 Å². The summed E-state index contributed by atoms with van der Waals surface area (Å²) in [5.41, 5.74) is -0.666. The second-order valence-corrected chi connectivity index (χ2v) is 6.32. The molecule has 0 aliphatic heterocycles. The molecule has 0 saturated heterocycles. The van der Waals surface area contributed by atoms with Crippen molar-refractivity contribution in [1.82, 2.24) is 20.2 Å². The highest BCUT2D eigenvalue weighted by Crippen LogP contribution is 2.39. The average Bonchev–Trinajstić information content (AvgIpc) is 3.10. The molecule has 0 aromatic carbocycles. The second-order valence-electron chi connectivity index (χ2n) is 6.32. The highest BCUT2D eigenvalue weighted by atomic mass is 16.4. The lowest BCUT2D eigenvalue weighted by atomic mass is 9.74. The summed E-state index contributed by atoms with van der Waals surface area (Å²) >= 11 is 0. The zero-order valence-corrected chi connectivity index (χ0v) is 11.8. The Labute approximate surface area is 118 Å². The molecular weight excluding hydrogens is 256 g/mol. The Kier molecular flexibility index (Phi) is 3.72. The van der Waals surface area contributed by atoms with Gasteiger partial charge in [0.05, 0.1) is 12.0 Å². The molecule has 6 nitrogen and oxygen atoms in total. The zero-order valence-electron chi connectivity index (χ0n) is 11.8. The molecule has 1 heterocycles. The van der Waals surface area contributed by atoms with Gasteiger partial charge >= 0.3 is 5.97 Å². The number of carboxylic acid groups (broad SMARTS) is 1. The van der Waals surface area contributed by atoms with Gasteiger partial charge in [-0.25, -0.2) is 4.68 Å². The van der Waals surface area contributed by atoms with Gasteiger partial charge in [-0.3, -0.25) is 4.79 Å². The van der Waals surface area contributed by atoms with Crippen LogP contribution in [-0.4, -0.2) is 31.3 Å². The Morgan fingerprint density at radius 3 is 2.55 bits per heavy atom. The van der Waals surface area contributed by atoms with Crippen molar-refractivity contribution in [2.45, 2.75) is 70.3 Å². The van der Waals surface area contributed by atoms with E-state index in [9.17, 15) is 9.90 Å². The Bertz CT molecular complexity index is 473. The van der Waals surface area contributed by atoms with Crippen molar-refractivity contribution in [3.63, 3.8) is 0 Å². The van der Waals surface area contributed by atoms with E-state index in [4.69, 9.17) is 0 Å². The summed E-state index contributed by atoms with van der Waals surface area (Å²) in [6.07, 6.45) is 9.31. The Balaban J connectivity index is 1.82. The van der Waals surface area contributed by atoms with E-state index in [1.807, 2.05) is 0 Å². The maximum Gasteiger partial charge on any atom is 0.311 e. The molecule has 2 fully saturated rings. The van der Waals surface area contributed by atoms with E-state index >= 15 is 0 Å². The summed E-state index contributed by atoms with van der Waals surface area (Å²) in [6.45, 7) is 0.432. The molecule has 0 radical (unpaired) electrons. The minimum Gasteiger partial charge on any atom is -0.481 e. The maximum atomic E-state index is 11.8. The largest absolute Gasteiger partial charge is 0.481 e. The third kappa shape index (κ3) is 2.43. The Hall–Kier alpha value is -1.46. The fourth-order valence-electron chi connectivity index (χ4n) is 3.76. The van der Waals surface area contributed by atoms with Gasteiger partial charge in [0.1, 0.15) is 0 Å². The summed E-state index contributed by atoms with van der Waals surface area (Å²) in [5.74, 6) is 0.623. The van der Waals surface area contributed by atoms with Crippen molar-refractivity contribution in [3.8, 4) is 0 Å². The molecule has 1 N–H and O–H groups in total. The smallest absolute Gasteiger partial charge is 0.311 e. The molecule has 3 rings (SSSR count). The number of carbonyl (C=O) groups is 1. The van der Waals surface area contributed by atoms with Crippen LogP contribution in [0.3, 0.4) is 0 Å². The van der Waals surface area contributed by atoms with Crippen LogP contribution < -0.4 is 0 Å². The third-order valence-corrected chi connectivity index (χ3v) is 5.00. The van der Waals surface area contributed by atoms with Crippen LogP contribution in [0.15, 0.2) is 0 Å². The molecule has 20 heavy (non-hydrogen) atoms. The standard InChI is InChI=1S/C14H22N4O2/c19-13(20)14(8-4-1-5-9-14)10-18-12(15-16-17-18)11-6-2-3-7-11/h11H,1-10H2,(H,19,20). The van der Waals surface area contributed by atoms with Gasteiger partial charge in [0, 0.05) is 5.92 Å². The molecule has 1 aromatic heterocycles. The van der Waals surface area contributed by atoms with E-state index in [1.165, 1.54) is 12.8 Å².